The summed E-state index contributed by atoms with van der Waals surface area (Å²) in [6, 6.07) is 21.2. The predicted molar refractivity (Wildman–Crippen MR) is 117 cm³/mol. The molecule has 1 saturated carbocycles. The Kier molecular flexibility index (Phi) is 7.14. The Morgan fingerprint density at radius 1 is 1.04 bits per heavy atom. The van der Waals surface area contributed by atoms with Gasteiger partial charge in [-0.1, -0.05) is 60.7 Å². The number of halogens is 1. The van der Waals surface area contributed by atoms with Crippen LogP contribution in [0.1, 0.15) is 49.3 Å². The third kappa shape index (κ3) is 4.95. The molecule has 1 saturated heterocycles. The molecule has 1 spiro atoms. The number of aryl methyl sites for hydroxylation is 1. The Labute approximate surface area is 174 Å². The zero-order chi connectivity index (χ0) is 18.5. The monoisotopic (exact) mass is 398 g/mol. The van der Waals surface area contributed by atoms with Gasteiger partial charge < -0.3 is 10.6 Å². The second-order valence-electron chi connectivity index (χ2n) is 8.22. The van der Waals surface area contributed by atoms with Crippen molar-refractivity contribution in [3.05, 3.63) is 71.8 Å². The van der Waals surface area contributed by atoms with E-state index in [1.807, 2.05) is 6.07 Å². The smallest absolute Gasteiger partial charge is 0.224 e. The molecule has 1 aliphatic carbocycles. The van der Waals surface area contributed by atoms with Gasteiger partial charge in [0.05, 0.1) is 6.04 Å². The first-order valence-corrected chi connectivity index (χ1v) is 10.4. The van der Waals surface area contributed by atoms with Crippen molar-refractivity contribution < 1.29 is 4.79 Å². The summed E-state index contributed by atoms with van der Waals surface area (Å²) >= 11 is 0. The van der Waals surface area contributed by atoms with Gasteiger partial charge in [-0.25, -0.2) is 0 Å². The standard InChI is InChI=1S/C24H30N2O.ClH/c27-23(21-18-24(21)14-16-25-17-15-24)26-22(20-11-5-2-6-12-20)13-7-10-19-8-3-1-4-9-19;/h1-6,8-9,11-12,21-22,25H,7,10,13-18H2,(H,26,27);1H. The molecule has 2 aliphatic rings. The fourth-order valence-electron chi connectivity index (χ4n) is 4.63. The number of piperidine rings is 1. The van der Waals surface area contributed by atoms with Gasteiger partial charge >= 0.3 is 0 Å². The quantitative estimate of drug-likeness (QED) is 0.711. The highest BCUT2D eigenvalue weighted by molar-refractivity contribution is 5.85. The fraction of sp³-hybridized carbons (Fsp3) is 0.458. The molecule has 2 N–H and O–H groups in total. The largest absolute Gasteiger partial charge is 0.349 e. The molecule has 0 aromatic heterocycles. The Morgan fingerprint density at radius 3 is 2.36 bits per heavy atom. The highest BCUT2D eigenvalue weighted by Crippen LogP contribution is 2.58. The molecule has 1 aliphatic heterocycles. The van der Waals surface area contributed by atoms with Crippen LogP contribution in [-0.2, 0) is 11.2 Å². The minimum Gasteiger partial charge on any atom is -0.349 e. The van der Waals surface area contributed by atoms with E-state index in [-0.39, 0.29) is 30.3 Å². The summed E-state index contributed by atoms with van der Waals surface area (Å²) in [4.78, 5) is 13.0. The average molecular weight is 399 g/mol. The van der Waals surface area contributed by atoms with Crippen molar-refractivity contribution in [2.24, 2.45) is 11.3 Å². The third-order valence-corrected chi connectivity index (χ3v) is 6.43. The van der Waals surface area contributed by atoms with Crippen molar-refractivity contribution in [2.45, 2.75) is 44.6 Å². The number of amides is 1. The predicted octanol–water partition coefficient (Wildman–Crippen LogP) is 4.68. The van der Waals surface area contributed by atoms with Gasteiger partial charge in [-0.05, 0) is 68.2 Å². The SMILES string of the molecule is Cl.O=C(NC(CCCc1ccccc1)c1ccccc1)C1CC12CCNCC2. The van der Waals surface area contributed by atoms with E-state index < -0.39 is 0 Å². The maximum Gasteiger partial charge on any atom is 0.224 e. The van der Waals surface area contributed by atoms with Crippen LogP contribution in [0.15, 0.2) is 60.7 Å². The molecule has 4 rings (SSSR count). The van der Waals surface area contributed by atoms with Crippen molar-refractivity contribution in [3.63, 3.8) is 0 Å². The van der Waals surface area contributed by atoms with Crippen LogP contribution in [0.4, 0.5) is 0 Å². The lowest BCUT2D eigenvalue weighted by Gasteiger charge is -2.24. The molecule has 2 atom stereocenters. The van der Waals surface area contributed by atoms with E-state index in [2.05, 4.69) is 65.2 Å². The van der Waals surface area contributed by atoms with Crippen molar-refractivity contribution in [1.29, 1.82) is 0 Å². The summed E-state index contributed by atoms with van der Waals surface area (Å²) in [6.45, 7) is 2.12. The van der Waals surface area contributed by atoms with Crippen molar-refractivity contribution in [2.75, 3.05) is 13.1 Å². The molecule has 2 aromatic rings. The minimum absolute atomic E-state index is 0. The molecule has 150 valence electrons. The van der Waals surface area contributed by atoms with Crippen LogP contribution in [0.2, 0.25) is 0 Å². The molecule has 0 bridgehead atoms. The number of hydrogen-bond donors (Lipinski definition) is 2. The summed E-state index contributed by atoms with van der Waals surface area (Å²) in [5.41, 5.74) is 2.88. The molecule has 1 amide bonds. The molecular formula is C24H31ClN2O. The van der Waals surface area contributed by atoms with Crippen molar-refractivity contribution in [1.82, 2.24) is 10.6 Å². The van der Waals surface area contributed by atoms with E-state index in [1.54, 1.807) is 0 Å². The van der Waals surface area contributed by atoms with Gasteiger partial charge in [0, 0.05) is 5.92 Å². The molecule has 1 heterocycles. The summed E-state index contributed by atoms with van der Waals surface area (Å²) in [5, 5.41) is 6.81. The topological polar surface area (TPSA) is 41.1 Å². The highest BCUT2D eigenvalue weighted by atomic mass is 35.5. The lowest BCUT2D eigenvalue weighted by molar-refractivity contribution is -0.124. The van der Waals surface area contributed by atoms with Crippen LogP contribution >= 0.6 is 12.4 Å². The first kappa shape index (κ1) is 20.9. The number of benzene rings is 2. The molecule has 4 heteroatoms. The first-order valence-electron chi connectivity index (χ1n) is 10.4. The number of hydrogen-bond acceptors (Lipinski definition) is 2. The van der Waals surface area contributed by atoms with Gasteiger partial charge in [0.15, 0.2) is 0 Å². The van der Waals surface area contributed by atoms with E-state index >= 15 is 0 Å². The zero-order valence-electron chi connectivity index (χ0n) is 16.4. The van der Waals surface area contributed by atoms with Gasteiger partial charge in [-0.15, -0.1) is 12.4 Å². The fourth-order valence-corrected chi connectivity index (χ4v) is 4.63. The summed E-state index contributed by atoms with van der Waals surface area (Å²) in [6.07, 6.45) is 6.48. The molecule has 3 nitrogen and oxygen atoms in total. The Morgan fingerprint density at radius 2 is 1.68 bits per heavy atom. The number of rotatable bonds is 7. The van der Waals surface area contributed by atoms with E-state index in [9.17, 15) is 4.79 Å². The summed E-state index contributed by atoms with van der Waals surface area (Å²) < 4.78 is 0. The first-order chi connectivity index (χ1) is 13.3. The van der Waals surface area contributed by atoms with Crippen molar-refractivity contribution >= 4 is 18.3 Å². The molecule has 2 unspecified atom stereocenters. The van der Waals surface area contributed by atoms with Gasteiger partial charge in [-0.2, -0.15) is 0 Å². The van der Waals surface area contributed by atoms with Crippen LogP contribution < -0.4 is 10.6 Å². The molecular weight excluding hydrogens is 368 g/mol. The third-order valence-electron chi connectivity index (χ3n) is 6.43. The normalized spacial score (nSPS) is 20.8. The molecule has 2 fully saturated rings. The van der Waals surface area contributed by atoms with Crippen LogP contribution in [-0.4, -0.2) is 19.0 Å². The second kappa shape index (κ2) is 9.58. The lowest BCUT2D eigenvalue weighted by atomic mass is 9.91. The molecule has 28 heavy (non-hydrogen) atoms. The van der Waals surface area contributed by atoms with E-state index in [0.29, 0.717) is 5.41 Å². The summed E-state index contributed by atoms with van der Waals surface area (Å²) in [7, 11) is 0. The van der Waals surface area contributed by atoms with E-state index in [4.69, 9.17) is 0 Å². The average Bonchev–Trinajstić information content (AvgIpc) is 3.42. The summed E-state index contributed by atoms with van der Waals surface area (Å²) in [5.74, 6) is 0.491. The van der Waals surface area contributed by atoms with Crippen LogP contribution in [0.3, 0.4) is 0 Å². The van der Waals surface area contributed by atoms with Crippen molar-refractivity contribution in [3.8, 4) is 0 Å². The van der Waals surface area contributed by atoms with Gasteiger partial charge in [0.2, 0.25) is 5.91 Å². The second-order valence-corrected chi connectivity index (χ2v) is 8.22. The van der Waals surface area contributed by atoms with Crippen LogP contribution in [0.5, 0.6) is 0 Å². The molecule has 2 aromatic carbocycles. The van der Waals surface area contributed by atoms with E-state index in [1.165, 1.54) is 11.1 Å². The van der Waals surface area contributed by atoms with Gasteiger partial charge in [-0.3, -0.25) is 4.79 Å². The highest BCUT2D eigenvalue weighted by Gasteiger charge is 2.57. The van der Waals surface area contributed by atoms with Gasteiger partial charge in [0.1, 0.15) is 0 Å². The Balaban J connectivity index is 0.00000225. The van der Waals surface area contributed by atoms with Gasteiger partial charge in [0.25, 0.3) is 0 Å². The molecule has 0 radical (unpaired) electrons. The Bertz CT molecular complexity index is 744. The number of carbonyl (C=O) groups excluding carboxylic acids is 1. The zero-order valence-corrected chi connectivity index (χ0v) is 17.2. The number of carbonyl (C=O) groups is 1. The van der Waals surface area contributed by atoms with Crippen LogP contribution in [0.25, 0.3) is 0 Å². The maximum atomic E-state index is 13.0. The minimum atomic E-state index is 0. The Hall–Kier alpha value is -1.84. The maximum absolute atomic E-state index is 13.0. The lowest BCUT2D eigenvalue weighted by Crippen LogP contribution is -2.35. The van der Waals surface area contributed by atoms with Crippen LogP contribution in [0, 0.1) is 11.3 Å². The number of nitrogens with one attached hydrogen (secondary N) is 2. The van der Waals surface area contributed by atoms with E-state index in [0.717, 1.165) is 51.6 Å².